The van der Waals surface area contributed by atoms with Gasteiger partial charge in [-0.1, -0.05) is 6.58 Å². The number of rotatable bonds is 2. The average molecular weight is 191 g/mol. The first-order chi connectivity index (χ1) is 6.81. The Morgan fingerprint density at radius 1 is 1.57 bits per heavy atom. The van der Waals surface area contributed by atoms with Crippen LogP contribution in [0.4, 0.5) is 0 Å². The molecule has 76 valence electrons. The van der Waals surface area contributed by atoms with Crippen LogP contribution in [0.5, 0.6) is 0 Å². The Morgan fingerprint density at radius 3 is 2.86 bits per heavy atom. The Bertz CT molecular complexity index is 321. The summed E-state index contributed by atoms with van der Waals surface area (Å²) in [5, 5.41) is 7.88. The van der Waals surface area contributed by atoms with Gasteiger partial charge in [0.1, 0.15) is 0 Å². The molecule has 0 amide bonds. The summed E-state index contributed by atoms with van der Waals surface area (Å²) in [6, 6.07) is 0.573. The molecule has 1 fully saturated rings. The van der Waals surface area contributed by atoms with E-state index >= 15 is 0 Å². The van der Waals surface area contributed by atoms with Crippen molar-refractivity contribution in [3.63, 3.8) is 0 Å². The van der Waals surface area contributed by atoms with E-state index in [1.54, 1.807) is 0 Å². The van der Waals surface area contributed by atoms with Crippen LogP contribution in [0.1, 0.15) is 30.1 Å². The maximum atomic E-state index is 4.52. The Kier molecular flexibility index (Phi) is 2.68. The van der Waals surface area contributed by atoms with Gasteiger partial charge in [0.05, 0.1) is 11.7 Å². The molecule has 2 heterocycles. The summed E-state index contributed by atoms with van der Waals surface area (Å²) >= 11 is 0. The van der Waals surface area contributed by atoms with E-state index in [0.29, 0.717) is 6.04 Å². The lowest BCUT2D eigenvalue weighted by Crippen LogP contribution is -2.29. The number of nitrogens with one attached hydrogen (secondary N) is 1. The monoisotopic (exact) mass is 191 g/mol. The highest BCUT2D eigenvalue weighted by Gasteiger charge is 2.16. The van der Waals surface area contributed by atoms with Crippen molar-refractivity contribution < 1.29 is 0 Å². The van der Waals surface area contributed by atoms with Gasteiger partial charge in [0.15, 0.2) is 0 Å². The van der Waals surface area contributed by atoms with E-state index in [2.05, 4.69) is 34.8 Å². The molecule has 1 aromatic heterocycles. The predicted molar refractivity (Wildman–Crippen MR) is 58.2 cm³/mol. The van der Waals surface area contributed by atoms with Gasteiger partial charge in [-0.15, -0.1) is 0 Å². The molecule has 1 N–H and O–H groups in total. The quantitative estimate of drug-likeness (QED) is 0.772. The first-order valence-electron chi connectivity index (χ1n) is 5.20. The van der Waals surface area contributed by atoms with Gasteiger partial charge in [-0.2, -0.15) is 5.10 Å². The van der Waals surface area contributed by atoms with E-state index in [1.807, 2.05) is 6.08 Å². The average Bonchev–Trinajstić information content (AvgIpc) is 2.61. The molecule has 0 aromatic carbocycles. The lowest BCUT2D eigenvalue weighted by atomic mass is 10.1. The van der Waals surface area contributed by atoms with E-state index in [9.17, 15) is 0 Å². The summed E-state index contributed by atoms with van der Waals surface area (Å²) in [5.41, 5.74) is 2.24. The summed E-state index contributed by atoms with van der Waals surface area (Å²) in [6.45, 7) is 8.06. The van der Waals surface area contributed by atoms with Gasteiger partial charge >= 0.3 is 0 Å². The normalized spacial score (nSPS) is 18.4. The smallest absolute Gasteiger partial charge is 0.0874 e. The van der Waals surface area contributed by atoms with Gasteiger partial charge in [0, 0.05) is 6.20 Å². The number of nitrogens with zero attached hydrogens (tertiary/aromatic N) is 2. The van der Waals surface area contributed by atoms with Crippen molar-refractivity contribution in [2.75, 3.05) is 13.1 Å². The van der Waals surface area contributed by atoms with Crippen LogP contribution in [0.3, 0.4) is 0 Å². The maximum absolute atomic E-state index is 4.52. The molecule has 1 aliphatic rings. The van der Waals surface area contributed by atoms with Crippen molar-refractivity contribution in [2.45, 2.75) is 25.8 Å². The molecule has 0 bridgehead atoms. The standard InChI is InChI=1S/C11H17N3/c1-3-11-9(2)8-14(13-11)10-4-6-12-7-5-10/h3,8,10,12H,1,4-7H2,2H3. The number of piperidine rings is 1. The zero-order valence-corrected chi connectivity index (χ0v) is 8.66. The minimum atomic E-state index is 0.573. The minimum absolute atomic E-state index is 0.573. The van der Waals surface area contributed by atoms with E-state index in [4.69, 9.17) is 0 Å². The number of hydrogen-bond acceptors (Lipinski definition) is 2. The fourth-order valence-corrected chi connectivity index (χ4v) is 1.96. The van der Waals surface area contributed by atoms with Gasteiger partial charge in [0.25, 0.3) is 0 Å². The largest absolute Gasteiger partial charge is 0.317 e. The van der Waals surface area contributed by atoms with Crippen LogP contribution < -0.4 is 5.32 Å². The molecule has 3 nitrogen and oxygen atoms in total. The highest BCUT2D eigenvalue weighted by Crippen LogP contribution is 2.19. The second-order valence-corrected chi connectivity index (χ2v) is 3.86. The molecule has 0 atom stereocenters. The molecular weight excluding hydrogens is 174 g/mol. The van der Waals surface area contributed by atoms with Crippen molar-refractivity contribution in [3.8, 4) is 0 Å². The third-order valence-electron chi connectivity index (χ3n) is 2.83. The molecule has 1 aromatic rings. The van der Waals surface area contributed by atoms with Crippen molar-refractivity contribution in [2.24, 2.45) is 0 Å². The van der Waals surface area contributed by atoms with Crippen molar-refractivity contribution in [3.05, 3.63) is 24.0 Å². The summed E-state index contributed by atoms with van der Waals surface area (Å²) in [5.74, 6) is 0. The SMILES string of the molecule is C=Cc1nn(C2CCNCC2)cc1C. The lowest BCUT2D eigenvalue weighted by Gasteiger charge is -2.22. The second kappa shape index (κ2) is 3.96. The molecule has 0 aliphatic carbocycles. The molecule has 1 aliphatic heterocycles. The second-order valence-electron chi connectivity index (χ2n) is 3.86. The molecular formula is C11H17N3. The molecule has 14 heavy (non-hydrogen) atoms. The van der Waals surface area contributed by atoms with Crippen LogP contribution in [0.2, 0.25) is 0 Å². The molecule has 1 saturated heterocycles. The first-order valence-corrected chi connectivity index (χ1v) is 5.20. The Morgan fingerprint density at radius 2 is 2.29 bits per heavy atom. The predicted octanol–water partition coefficient (Wildman–Crippen LogP) is 1.76. The van der Waals surface area contributed by atoms with Crippen LogP contribution in [0.15, 0.2) is 12.8 Å². The first kappa shape index (κ1) is 9.46. The fourth-order valence-electron chi connectivity index (χ4n) is 1.96. The van der Waals surface area contributed by atoms with E-state index in [0.717, 1.165) is 18.8 Å². The fraction of sp³-hybridized carbons (Fsp3) is 0.545. The van der Waals surface area contributed by atoms with E-state index < -0.39 is 0 Å². The molecule has 3 heteroatoms. The third kappa shape index (κ3) is 1.73. The number of aryl methyl sites for hydroxylation is 1. The zero-order chi connectivity index (χ0) is 9.97. The van der Waals surface area contributed by atoms with E-state index in [1.165, 1.54) is 18.4 Å². The van der Waals surface area contributed by atoms with Crippen LogP contribution in [-0.2, 0) is 0 Å². The third-order valence-corrected chi connectivity index (χ3v) is 2.83. The number of hydrogen-bond donors (Lipinski definition) is 1. The van der Waals surface area contributed by atoms with Crippen molar-refractivity contribution in [1.29, 1.82) is 0 Å². The van der Waals surface area contributed by atoms with Gasteiger partial charge in [0.2, 0.25) is 0 Å². The number of aromatic nitrogens is 2. The van der Waals surface area contributed by atoms with Crippen LogP contribution in [0, 0.1) is 6.92 Å². The zero-order valence-electron chi connectivity index (χ0n) is 8.66. The summed E-state index contributed by atoms with van der Waals surface area (Å²) in [7, 11) is 0. The Labute approximate surface area is 84.8 Å². The van der Waals surface area contributed by atoms with Crippen molar-refractivity contribution >= 4 is 6.08 Å². The topological polar surface area (TPSA) is 29.9 Å². The van der Waals surface area contributed by atoms with Crippen LogP contribution in [-0.4, -0.2) is 22.9 Å². The highest BCUT2D eigenvalue weighted by atomic mass is 15.3. The lowest BCUT2D eigenvalue weighted by molar-refractivity contribution is 0.343. The highest BCUT2D eigenvalue weighted by molar-refractivity contribution is 5.45. The molecule has 0 spiro atoms. The molecule has 0 radical (unpaired) electrons. The van der Waals surface area contributed by atoms with Crippen LogP contribution >= 0.6 is 0 Å². The minimum Gasteiger partial charge on any atom is -0.317 e. The van der Waals surface area contributed by atoms with Crippen molar-refractivity contribution in [1.82, 2.24) is 15.1 Å². The molecule has 2 rings (SSSR count). The Balaban J connectivity index is 2.18. The van der Waals surface area contributed by atoms with E-state index in [-0.39, 0.29) is 0 Å². The van der Waals surface area contributed by atoms with Gasteiger partial charge in [-0.25, -0.2) is 0 Å². The van der Waals surface area contributed by atoms with Gasteiger partial charge in [-0.05, 0) is 44.5 Å². The molecule has 0 unspecified atom stereocenters. The van der Waals surface area contributed by atoms with Crippen LogP contribution in [0.25, 0.3) is 6.08 Å². The van der Waals surface area contributed by atoms with Gasteiger partial charge < -0.3 is 5.32 Å². The van der Waals surface area contributed by atoms with Gasteiger partial charge in [-0.3, -0.25) is 4.68 Å². The summed E-state index contributed by atoms with van der Waals surface area (Å²) < 4.78 is 2.10. The summed E-state index contributed by atoms with van der Waals surface area (Å²) in [6.07, 6.45) is 6.31. The Hall–Kier alpha value is -1.09. The maximum Gasteiger partial charge on any atom is 0.0874 e. The molecule has 0 saturated carbocycles. The summed E-state index contributed by atoms with van der Waals surface area (Å²) in [4.78, 5) is 0.